The lowest BCUT2D eigenvalue weighted by Crippen LogP contribution is -2.23. The standard InChI is InChI=1S/C17H20ClN3O7/c1-3-14(24)27-7-12(22)20-10-5-9(17(19)26)6-11(16(10)18)21-13(23)8-28-15(25)4-2/h5-6H,3-4,7-8H2,1-2H3,(H2,19,26)(H,20,22)(H,21,23). The molecule has 1 rings (SSSR count). The normalized spacial score (nSPS) is 9.96. The average Bonchev–Trinajstić information content (AvgIpc) is 2.66. The van der Waals surface area contributed by atoms with Crippen LogP contribution < -0.4 is 16.4 Å². The van der Waals surface area contributed by atoms with Gasteiger partial charge in [0.2, 0.25) is 5.91 Å². The molecule has 0 aromatic heterocycles. The largest absolute Gasteiger partial charge is 0.456 e. The maximum atomic E-state index is 11.9. The van der Waals surface area contributed by atoms with E-state index in [-0.39, 0.29) is 34.8 Å². The summed E-state index contributed by atoms with van der Waals surface area (Å²) >= 11 is 6.16. The molecule has 4 N–H and O–H groups in total. The summed E-state index contributed by atoms with van der Waals surface area (Å²) in [5.41, 5.74) is 5.14. The second-order valence-corrected chi connectivity index (χ2v) is 5.75. The number of carbonyl (C=O) groups is 5. The number of halogens is 1. The number of esters is 2. The predicted octanol–water partition coefficient (Wildman–Crippen LogP) is 1.22. The number of carbonyl (C=O) groups excluding carboxylic acids is 5. The summed E-state index contributed by atoms with van der Waals surface area (Å²) in [6.07, 6.45) is 0.202. The molecule has 0 aliphatic carbocycles. The van der Waals surface area contributed by atoms with Crippen molar-refractivity contribution in [3.05, 3.63) is 22.7 Å². The van der Waals surface area contributed by atoms with E-state index in [1.54, 1.807) is 13.8 Å². The third-order valence-electron chi connectivity index (χ3n) is 3.21. The molecule has 0 aliphatic heterocycles. The highest BCUT2D eigenvalue weighted by Gasteiger charge is 2.17. The van der Waals surface area contributed by atoms with Crippen LogP contribution in [0.3, 0.4) is 0 Å². The van der Waals surface area contributed by atoms with Crippen LogP contribution in [0.5, 0.6) is 0 Å². The van der Waals surface area contributed by atoms with E-state index in [4.69, 9.17) is 26.8 Å². The van der Waals surface area contributed by atoms with E-state index >= 15 is 0 Å². The Morgan fingerprint density at radius 2 is 1.29 bits per heavy atom. The molecule has 0 radical (unpaired) electrons. The zero-order chi connectivity index (χ0) is 21.3. The fourth-order valence-corrected chi connectivity index (χ4v) is 2.02. The summed E-state index contributed by atoms with van der Waals surface area (Å²) in [6.45, 7) is 2.03. The SMILES string of the molecule is CCC(=O)OCC(=O)Nc1cc(C(N)=O)cc(NC(=O)COC(=O)CC)c1Cl. The van der Waals surface area contributed by atoms with E-state index < -0.39 is 42.9 Å². The molecule has 152 valence electrons. The Bertz CT molecular complexity index is 740. The predicted molar refractivity (Wildman–Crippen MR) is 99.7 cm³/mol. The highest BCUT2D eigenvalue weighted by atomic mass is 35.5. The molecule has 0 saturated heterocycles. The second-order valence-electron chi connectivity index (χ2n) is 5.37. The highest BCUT2D eigenvalue weighted by molar-refractivity contribution is 6.37. The summed E-state index contributed by atoms with van der Waals surface area (Å²) in [5.74, 6) is -3.39. The molecule has 0 aliphatic rings. The fraction of sp³-hybridized carbons (Fsp3) is 0.353. The van der Waals surface area contributed by atoms with Gasteiger partial charge in [0.1, 0.15) is 0 Å². The van der Waals surface area contributed by atoms with Crippen molar-refractivity contribution in [2.45, 2.75) is 26.7 Å². The van der Waals surface area contributed by atoms with Gasteiger partial charge in [-0.25, -0.2) is 0 Å². The number of hydrogen-bond donors (Lipinski definition) is 3. The Balaban J connectivity index is 2.97. The lowest BCUT2D eigenvalue weighted by Gasteiger charge is -2.14. The van der Waals surface area contributed by atoms with Gasteiger partial charge >= 0.3 is 11.9 Å². The topological polar surface area (TPSA) is 154 Å². The van der Waals surface area contributed by atoms with Gasteiger partial charge in [0, 0.05) is 18.4 Å². The minimum atomic E-state index is -0.836. The summed E-state index contributed by atoms with van der Waals surface area (Å²) < 4.78 is 9.40. The molecule has 0 saturated carbocycles. The van der Waals surface area contributed by atoms with Crippen LogP contribution in [0.2, 0.25) is 5.02 Å². The zero-order valence-electron chi connectivity index (χ0n) is 15.3. The van der Waals surface area contributed by atoms with E-state index in [2.05, 4.69) is 10.6 Å². The highest BCUT2D eigenvalue weighted by Crippen LogP contribution is 2.32. The summed E-state index contributed by atoms with van der Waals surface area (Å²) in [7, 11) is 0. The lowest BCUT2D eigenvalue weighted by atomic mass is 10.1. The Labute approximate surface area is 165 Å². The van der Waals surface area contributed by atoms with Crippen LogP contribution >= 0.6 is 11.6 Å². The van der Waals surface area contributed by atoms with E-state index in [0.717, 1.165) is 0 Å². The first-order valence-electron chi connectivity index (χ1n) is 8.22. The molecule has 0 bridgehead atoms. The van der Waals surface area contributed by atoms with Gasteiger partial charge in [-0.3, -0.25) is 24.0 Å². The second kappa shape index (κ2) is 10.9. The van der Waals surface area contributed by atoms with Crippen molar-refractivity contribution >= 4 is 52.6 Å². The number of amides is 3. The molecule has 0 spiro atoms. The van der Waals surface area contributed by atoms with Crippen molar-refractivity contribution in [2.24, 2.45) is 5.73 Å². The Hall–Kier alpha value is -3.14. The number of hydrogen-bond acceptors (Lipinski definition) is 7. The minimum absolute atomic E-state index is 0.0311. The van der Waals surface area contributed by atoms with Gasteiger partial charge in [0.25, 0.3) is 11.8 Å². The van der Waals surface area contributed by atoms with Crippen LogP contribution in [0.15, 0.2) is 12.1 Å². The van der Waals surface area contributed by atoms with Gasteiger partial charge in [-0.05, 0) is 12.1 Å². The molecule has 3 amide bonds. The van der Waals surface area contributed by atoms with E-state index in [1.165, 1.54) is 12.1 Å². The van der Waals surface area contributed by atoms with Gasteiger partial charge < -0.3 is 25.8 Å². The summed E-state index contributed by atoms with van der Waals surface area (Å²) in [6, 6.07) is 2.41. The Morgan fingerprint density at radius 1 is 0.893 bits per heavy atom. The first-order valence-corrected chi connectivity index (χ1v) is 8.59. The number of nitrogens with one attached hydrogen (secondary N) is 2. The van der Waals surface area contributed by atoms with E-state index in [1.807, 2.05) is 0 Å². The van der Waals surface area contributed by atoms with Crippen LogP contribution in [0.4, 0.5) is 11.4 Å². The number of ether oxygens (including phenoxy) is 2. The third-order valence-corrected chi connectivity index (χ3v) is 3.62. The maximum absolute atomic E-state index is 11.9. The Morgan fingerprint density at radius 3 is 1.61 bits per heavy atom. The molecule has 0 heterocycles. The van der Waals surface area contributed by atoms with Crippen molar-refractivity contribution in [1.82, 2.24) is 0 Å². The lowest BCUT2D eigenvalue weighted by molar-refractivity contribution is -0.147. The molecular weight excluding hydrogens is 394 g/mol. The summed E-state index contributed by atoms with van der Waals surface area (Å²) in [4.78, 5) is 57.5. The molecule has 11 heteroatoms. The molecule has 28 heavy (non-hydrogen) atoms. The third kappa shape index (κ3) is 7.23. The first-order chi connectivity index (χ1) is 13.2. The van der Waals surface area contributed by atoms with E-state index in [9.17, 15) is 24.0 Å². The summed E-state index contributed by atoms with van der Waals surface area (Å²) in [5, 5.41) is 4.63. The van der Waals surface area contributed by atoms with Gasteiger partial charge in [-0.1, -0.05) is 25.4 Å². The molecule has 1 aromatic carbocycles. The molecule has 10 nitrogen and oxygen atoms in total. The monoisotopic (exact) mass is 413 g/mol. The molecule has 0 atom stereocenters. The molecule has 1 aromatic rings. The number of nitrogens with two attached hydrogens (primary N) is 1. The molecule has 0 fully saturated rings. The van der Waals surface area contributed by atoms with Crippen molar-refractivity contribution in [1.29, 1.82) is 0 Å². The number of benzene rings is 1. The number of primary amides is 1. The van der Waals surface area contributed by atoms with Crippen LogP contribution in [0, 0.1) is 0 Å². The van der Waals surface area contributed by atoms with Gasteiger partial charge in [-0.15, -0.1) is 0 Å². The van der Waals surface area contributed by atoms with Crippen molar-refractivity contribution in [3.63, 3.8) is 0 Å². The Kier molecular flexibility index (Phi) is 8.89. The van der Waals surface area contributed by atoms with Crippen molar-refractivity contribution in [2.75, 3.05) is 23.8 Å². The van der Waals surface area contributed by atoms with E-state index in [0.29, 0.717) is 0 Å². The minimum Gasteiger partial charge on any atom is -0.456 e. The van der Waals surface area contributed by atoms with Crippen molar-refractivity contribution < 1.29 is 33.4 Å². The van der Waals surface area contributed by atoms with Gasteiger partial charge in [0.05, 0.1) is 16.4 Å². The number of rotatable bonds is 9. The van der Waals surface area contributed by atoms with Crippen LogP contribution in [-0.4, -0.2) is 42.9 Å². The average molecular weight is 414 g/mol. The van der Waals surface area contributed by atoms with Gasteiger partial charge in [0.15, 0.2) is 13.2 Å². The first kappa shape index (κ1) is 22.9. The van der Waals surface area contributed by atoms with Crippen molar-refractivity contribution in [3.8, 4) is 0 Å². The maximum Gasteiger partial charge on any atom is 0.306 e. The fourth-order valence-electron chi connectivity index (χ4n) is 1.82. The van der Waals surface area contributed by atoms with Crippen LogP contribution in [-0.2, 0) is 28.7 Å². The van der Waals surface area contributed by atoms with Crippen LogP contribution in [0.1, 0.15) is 37.0 Å². The zero-order valence-corrected chi connectivity index (χ0v) is 16.1. The van der Waals surface area contributed by atoms with Crippen LogP contribution in [0.25, 0.3) is 0 Å². The quantitative estimate of drug-likeness (QED) is 0.514. The van der Waals surface area contributed by atoms with Gasteiger partial charge in [-0.2, -0.15) is 0 Å². The number of anilines is 2. The molecule has 0 unspecified atom stereocenters. The molecular formula is C17H20ClN3O7. The smallest absolute Gasteiger partial charge is 0.306 e.